The van der Waals surface area contributed by atoms with Gasteiger partial charge in [-0.25, -0.2) is 0 Å². The van der Waals surface area contributed by atoms with Gasteiger partial charge < -0.3 is 10.3 Å². The van der Waals surface area contributed by atoms with Gasteiger partial charge >= 0.3 is 0 Å². The van der Waals surface area contributed by atoms with Crippen LogP contribution in [0.3, 0.4) is 0 Å². The summed E-state index contributed by atoms with van der Waals surface area (Å²) in [6.07, 6.45) is 0.347. The van der Waals surface area contributed by atoms with E-state index in [1.807, 2.05) is 25.1 Å². The summed E-state index contributed by atoms with van der Waals surface area (Å²) in [4.78, 5) is 20.7. The molecule has 4 rings (SSSR count). The van der Waals surface area contributed by atoms with Crippen molar-refractivity contribution < 1.29 is 4.79 Å². The molecule has 4 nitrogen and oxygen atoms in total. The molecule has 2 aromatic carbocycles. The fourth-order valence-electron chi connectivity index (χ4n) is 3.87. The van der Waals surface area contributed by atoms with Gasteiger partial charge in [0.05, 0.1) is 11.9 Å². The summed E-state index contributed by atoms with van der Waals surface area (Å²) in [7, 11) is 0. The van der Waals surface area contributed by atoms with Gasteiger partial charge in [-0.3, -0.25) is 9.78 Å². The minimum atomic E-state index is 0.0188. The van der Waals surface area contributed by atoms with Crippen molar-refractivity contribution in [2.45, 2.75) is 40.7 Å². The number of fused-ring (bicyclic) bond motifs is 2. The van der Waals surface area contributed by atoms with E-state index in [9.17, 15) is 4.79 Å². The fraction of sp³-hybridized carbons (Fsp3) is 0.250. The average Bonchev–Trinajstić information content (AvgIpc) is 2.97. The summed E-state index contributed by atoms with van der Waals surface area (Å²) < 4.78 is 0. The second-order valence-electron chi connectivity index (χ2n) is 7.53. The summed E-state index contributed by atoms with van der Waals surface area (Å²) in [5.41, 5.74) is 8.74. The highest BCUT2D eigenvalue weighted by atomic mass is 16.1. The molecule has 0 saturated carbocycles. The number of nitrogens with one attached hydrogen (secondary N) is 2. The Bertz CT molecular complexity index is 1200. The quantitative estimate of drug-likeness (QED) is 0.541. The van der Waals surface area contributed by atoms with Gasteiger partial charge in [-0.05, 0) is 68.1 Å². The Hall–Kier alpha value is -3.14. The Morgan fingerprint density at radius 2 is 1.79 bits per heavy atom. The summed E-state index contributed by atoms with van der Waals surface area (Å²) in [6, 6.07) is 14.4. The molecule has 0 unspecified atom stereocenters. The Balaban J connectivity index is 1.51. The number of hydrogen-bond acceptors (Lipinski definition) is 2. The number of hydrogen-bond donors (Lipinski definition) is 2. The smallest absolute Gasteiger partial charge is 0.224 e. The van der Waals surface area contributed by atoms with Gasteiger partial charge in [0.2, 0.25) is 5.91 Å². The predicted octanol–water partition coefficient (Wildman–Crippen LogP) is 4.81. The van der Waals surface area contributed by atoms with Crippen molar-refractivity contribution in [2.24, 2.45) is 0 Å². The number of H-pyrrole nitrogens is 1. The third-order valence-corrected chi connectivity index (χ3v) is 5.69. The van der Waals surface area contributed by atoms with Gasteiger partial charge in [-0.1, -0.05) is 24.3 Å². The molecule has 0 fully saturated rings. The zero-order chi connectivity index (χ0) is 19.8. The number of aromatic amines is 1. The molecule has 2 heterocycles. The van der Waals surface area contributed by atoms with Crippen LogP contribution in [0.4, 0.5) is 0 Å². The number of aryl methyl sites for hydroxylation is 4. The number of carbonyl (C=O) groups is 1. The average molecular weight is 371 g/mol. The number of para-hydroxylation sites is 1. The van der Waals surface area contributed by atoms with Crippen LogP contribution >= 0.6 is 0 Å². The third kappa shape index (κ3) is 3.26. The lowest BCUT2D eigenvalue weighted by atomic mass is 9.99. The van der Waals surface area contributed by atoms with E-state index in [0.717, 1.165) is 38.8 Å². The molecule has 142 valence electrons. The van der Waals surface area contributed by atoms with Crippen molar-refractivity contribution in [1.29, 1.82) is 0 Å². The topological polar surface area (TPSA) is 57.8 Å². The lowest BCUT2D eigenvalue weighted by Gasteiger charge is -2.13. The molecule has 0 aliphatic rings. The van der Waals surface area contributed by atoms with E-state index < -0.39 is 0 Å². The van der Waals surface area contributed by atoms with Crippen LogP contribution in [0.25, 0.3) is 21.8 Å². The van der Waals surface area contributed by atoms with Gasteiger partial charge in [0.25, 0.3) is 0 Å². The highest BCUT2D eigenvalue weighted by molar-refractivity contribution is 5.87. The monoisotopic (exact) mass is 371 g/mol. The molecule has 28 heavy (non-hydrogen) atoms. The van der Waals surface area contributed by atoms with Crippen molar-refractivity contribution in [1.82, 2.24) is 15.3 Å². The van der Waals surface area contributed by atoms with E-state index in [-0.39, 0.29) is 5.91 Å². The summed E-state index contributed by atoms with van der Waals surface area (Å²) in [5.74, 6) is 0.0188. The number of carbonyl (C=O) groups excluding carboxylic acids is 1. The van der Waals surface area contributed by atoms with Gasteiger partial charge in [-0.15, -0.1) is 0 Å². The summed E-state index contributed by atoms with van der Waals surface area (Å²) in [5, 5.41) is 5.39. The first-order valence-corrected chi connectivity index (χ1v) is 9.63. The zero-order valence-corrected chi connectivity index (χ0v) is 16.8. The molecule has 0 aliphatic carbocycles. The molecule has 2 N–H and O–H groups in total. The van der Waals surface area contributed by atoms with Crippen LogP contribution in [0.15, 0.2) is 42.5 Å². The standard InChI is InChI=1S/C24H25N3O/c1-14-16(3)26-23-10-9-18(11-21(14)23)13-25-24(28)12-20-15(2)19-7-5-6-8-22(19)27-17(20)4/h5-11,26H,12-13H2,1-4H3,(H,25,28). The first kappa shape index (κ1) is 18.2. The second-order valence-corrected chi connectivity index (χ2v) is 7.53. The first-order valence-electron chi connectivity index (χ1n) is 9.63. The number of rotatable bonds is 4. The maximum absolute atomic E-state index is 12.6. The summed E-state index contributed by atoms with van der Waals surface area (Å²) in [6.45, 7) is 8.78. The highest BCUT2D eigenvalue weighted by Crippen LogP contribution is 2.24. The molecule has 1 amide bonds. The van der Waals surface area contributed by atoms with E-state index >= 15 is 0 Å². The Morgan fingerprint density at radius 3 is 2.61 bits per heavy atom. The Morgan fingerprint density at radius 1 is 1.00 bits per heavy atom. The van der Waals surface area contributed by atoms with Crippen molar-refractivity contribution in [3.05, 3.63) is 76.1 Å². The molecule has 0 atom stereocenters. The molecule has 4 aromatic rings. The number of amides is 1. The molecule has 0 aliphatic heterocycles. The zero-order valence-electron chi connectivity index (χ0n) is 16.8. The summed E-state index contributed by atoms with van der Waals surface area (Å²) >= 11 is 0. The SMILES string of the molecule is Cc1nc2ccccc2c(C)c1CC(=O)NCc1ccc2[nH]c(C)c(C)c2c1. The van der Waals surface area contributed by atoms with Crippen LogP contribution in [0, 0.1) is 27.7 Å². The van der Waals surface area contributed by atoms with E-state index in [2.05, 4.69) is 60.3 Å². The van der Waals surface area contributed by atoms with Crippen LogP contribution < -0.4 is 5.32 Å². The van der Waals surface area contributed by atoms with Gasteiger partial charge in [0, 0.05) is 34.2 Å². The second kappa shape index (κ2) is 7.12. The van der Waals surface area contributed by atoms with Crippen molar-refractivity contribution in [3.63, 3.8) is 0 Å². The van der Waals surface area contributed by atoms with Crippen molar-refractivity contribution in [3.8, 4) is 0 Å². The van der Waals surface area contributed by atoms with Crippen LogP contribution in [-0.2, 0) is 17.8 Å². The molecule has 0 saturated heterocycles. The van der Waals surface area contributed by atoms with Crippen LogP contribution in [-0.4, -0.2) is 15.9 Å². The Kier molecular flexibility index (Phi) is 4.63. The molecule has 4 heteroatoms. The highest BCUT2D eigenvalue weighted by Gasteiger charge is 2.13. The maximum Gasteiger partial charge on any atom is 0.224 e. The first-order chi connectivity index (χ1) is 13.4. The fourth-order valence-corrected chi connectivity index (χ4v) is 3.87. The molecule has 0 spiro atoms. The molecule has 0 bridgehead atoms. The maximum atomic E-state index is 12.6. The number of nitrogens with zero attached hydrogens (tertiary/aromatic N) is 1. The lowest BCUT2D eigenvalue weighted by Crippen LogP contribution is -2.25. The normalized spacial score (nSPS) is 11.3. The number of aromatic nitrogens is 2. The van der Waals surface area contributed by atoms with E-state index in [4.69, 9.17) is 0 Å². The van der Waals surface area contributed by atoms with Gasteiger partial charge in [-0.2, -0.15) is 0 Å². The minimum Gasteiger partial charge on any atom is -0.358 e. The van der Waals surface area contributed by atoms with Gasteiger partial charge in [0.1, 0.15) is 0 Å². The minimum absolute atomic E-state index is 0.0188. The van der Waals surface area contributed by atoms with Gasteiger partial charge in [0.15, 0.2) is 0 Å². The van der Waals surface area contributed by atoms with E-state index in [1.54, 1.807) is 0 Å². The van der Waals surface area contributed by atoms with Crippen LogP contribution in [0.1, 0.15) is 33.6 Å². The molecular formula is C24H25N3O. The molecule has 0 radical (unpaired) electrons. The molecular weight excluding hydrogens is 346 g/mol. The van der Waals surface area contributed by atoms with Crippen molar-refractivity contribution in [2.75, 3.05) is 0 Å². The van der Waals surface area contributed by atoms with Crippen LogP contribution in [0.5, 0.6) is 0 Å². The van der Waals surface area contributed by atoms with Crippen LogP contribution in [0.2, 0.25) is 0 Å². The predicted molar refractivity (Wildman–Crippen MR) is 115 cm³/mol. The van der Waals surface area contributed by atoms with Crippen molar-refractivity contribution >= 4 is 27.7 Å². The largest absolute Gasteiger partial charge is 0.358 e. The number of benzene rings is 2. The third-order valence-electron chi connectivity index (χ3n) is 5.69. The van der Waals surface area contributed by atoms with E-state index in [0.29, 0.717) is 13.0 Å². The van der Waals surface area contributed by atoms with E-state index in [1.165, 1.54) is 16.6 Å². The number of pyridine rings is 1. The Labute approximate surface area is 165 Å². The lowest BCUT2D eigenvalue weighted by molar-refractivity contribution is -0.120. The molecule has 2 aromatic heterocycles.